The molecule has 1 atom stereocenters. The van der Waals surface area contributed by atoms with Crippen LogP contribution in [0.4, 0.5) is 0 Å². The summed E-state index contributed by atoms with van der Waals surface area (Å²) in [4.78, 5) is 10.6. The quantitative estimate of drug-likeness (QED) is 0.451. The Labute approximate surface area is 112 Å². The van der Waals surface area contributed by atoms with Crippen LogP contribution in [0.1, 0.15) is 29.8 Å². The highest BCUT2D eigenvalue weighted by Crippen LogP contribution is 2.60. The number of hydrogen-bond acceptors (Lipinski definition) is 6. The molecule has 0 amide bonds. The number of carbonyl (C=O) groups excluding carboxylic acids is 1. The van der Waals surface area contributed by atoms with Gasteiger partial charge in [-0.1, -0.05) is 24.3 Å². The summed E-state index contributed by atoms with van der Waals surface area (Å²) in [7, 11) is -3.92. The molecular weight excluding hydrogens is 269 g/mol. The van der Waals surface area contributed by atoms with Crippen LogP contribution in [0.25, 0.3) is 0 Å². The second-order valence-corrected chi connectivity index (χ2v) is 5.99. The highest BCUT2D eigenvalue weighted by Gasteiger charge is 2.48. The third-order valence-corrected chi connectivity index (χ3v) is 4.78. The first-order valence-electron chi connectivity index (χ1n) is 5.87. The van der Waals surface area contributed by atoms with E-state index in [0.29, 0.717) is 11.8 Å². The highest BCUT2D eigenvalue weighted by atomic mass is 31.2. The van der Waals surface area contributed by atoms with Crippen molar-refractivity contribution < 1.29 is 23.5 Å². The van der Waals surface area contributed by atoms with Crippen LogP contribution in [0.5, 0.6) is 0 Å². The first-order chi connectivity index (χ1) is 8.91. The molecule has 0 aliphatic carbocycles. The molecule has 0 unspecified atom stereocenters. The van der Waals surface area contributed by atoms with Crippen LogP contribution < -0.4 is 5.73 Å². The topological polar surface area (TPSA) is 98.8 Å². The van der Waals surface area contributed by atoms with Crippen LogP contribution in [0.15, 0.2) is 24.3 Å². The number of aldehydes is 1. The van der Waals surface area contributed by atoms with Gasteiger partial charge in [-0.15, -0.1) is 0 Å². The Morgan fingerprint density at radius 1 is 1.26 bits per heavy atom. The maximum Gasteiger partial charge on any atom is 0.381 e. The van der Waals surface area contributed by atoms with Gasteiger partial charge in [0.15, 0.2) is 0 Å². The molecule has 0 heterocycles. The lowest BCUT2D eigenvalue weighted by atomic mass is 10.1. The summed E-state index contributed by atoms with van der Waals surface area (Å²) in [5, 5.41) is 10.3. The molecule has 0 bridgehead atoms. The van der Waals surface area contributed by atoms with Gasteiger partial charge in [-0.05, 0) is 13.8 Å². The zero-order valence-electron chi connectivity index (χ0n) is 10.9. The number of hydrogen-bond donors (Lipinski definition) is 2. The third-order valence-electron chi connectivity index (χ3n) is 2.49. The first-order valence-corrected chi connectivity index (χ1v) is 7.41. The van der Waals surface area contributed by atoms with Crippen LogP contribution in [-0.4, -0.2) is 24.6 Å². The Kier molecular flexibility index (Phi) is 5.40. The average molecular weight is 287 g/mol. The van der Waals surface area contributed by atoms with Gasteiger partial charge in [0.05, 0.1) is 13.2 Å². The van der Waals surface area contributed by atoms with E-state index in [1.807, 2.05) is 0 Å². The van der Waals surface area contributed by atoms with Crippen LogP contribution in [0, 0.1) is 0 Å². The van der Waals surface area contributed by atoms with Gasteiger partial charge < -0.3 is 14.2 Å². The van der Waals surface area contributed by atoms with Crippen molar-refractivity contribution in [2.75, 3.05) is 13.2 Å². The van der Waals surface area contributed by atoms with E-state index in [1.54, 1.807) is 13.8 Å². The number of rotatable bonds is 7. The molecule has 7 heteroatoms. The van der Waals surface area contributed by atoms with Gasteiger partial charge in [-0.2, -0.15) is 0 Å². The Morgan fingerprint density at radius 3 is 2.11 bits per heavy atom. The fraction of sp³-hybridized carbons (Fsp3) is 0.417. The van der Waals surface area contributed by atoms with Crippen molar-refractivity contribution in [3.8, 4) is 0 Å². The molecule has 0 spiro atoms. The van der Waals surface area contributed by atoms with Crippen molar-refractivity contribution >= 4 is 13.9 Å². The van der Waals surface area contributed by atoms with Crippen molar-refractivity contribution in [1.29, 1.82) is 0 Å². The largest absolute Gasteiger partial charge is 0.381 e. The molecule has 6 nitrogen and oxygen atoms in total. The molecular formula is C12H18NO5P. The van der Waals surface area contributed by atoms with Crippen molar-refractivity contribution in [2.45, 2.75) is 19.3 Å². The van der Waals surface area contributed by atoms with E-state index in [2.05, 4.69) is 0 Å². The summed E-state index contributed by atoms with van der Waals surface area (Å²) < 4.78 is 22.6. The summed E-state index contributed by atoms with van der Waals surface area (Å²) in [5.41, 5.74) is 4.05. The van der Waals surface area contributed by atoms with E-state index in [4.69, 9.17) is 14.8 Å². The lowest BCUT2D eigenvalue weighted by Crippen LogP contribution is -2.37. The van der Waals surface area contributed by atoms with Crippen LogP contribution in [0.3, 0.4) is 0 Å². The lowest BCUT2D eigenvalue weighted by molar-refractivity contribution is 0.0705. The minimum Gasteiger partial charge on any atom is -0.362 e. The van der Waals surface area contributed by atoms with Crippen LogP contribution >= 0.6 is 7.60 Å². The third kappa shape index (κ3) is 3.29. The summed E-state index contributed by atoms with van der Waals surface area (Å²) in [5.74, 6) is 0. The summed E-state index contributed by atoms with van der Waals surface area (Å²) in [6.45, 7) is 3.42. The molecule has 0 aliphatic heterocycles. The van der Waals surface area contributed by atoms with Gasteiger partial charge in [0.2, 0.25) is 5.47 Å². The molecule has 0 saturated heterocycles. The molecule has 3 N–H and O–H groups in total. The second-order valence-electron chi connectivity index (χ2n) is 3.80. The molecule has 19 heavy (non-hydrogen) atoms. The Hall–Kier alpha value is -1.04. The zero-order valence-corrected chi connectivity index (χ0v) is 11.8. The SMILES string of the molecule is CCOP(=O)(OCC)[C@](N)(O)c1ccc(C=O)cc1. The van der Waals surface area contributed by atoms with Crippen molar-refractivity contribution in [3.63, 3.8) is 0 Å². The van der Waals surface area contributed by atoms with Crippen molar-refractivity contribution in [1.82, 2.24) is 0 Å². The summed E-state index contributed by atoms with van der Waals surface area (Å²) in [6.07, 6.45) is 0.657. The fourth-order valence-electron chi connectivity index (χ4n) is 1.54. The Balaban J connectivity index is 3.17. The molecule has 0 aliphatic rings. The summed E-state index contributed by atoms with van der Waals surface area (Å²) >= 11 is 0. The first kappa shape index (κ1) is 16.0. The van der Waals surface area contributed by atoms with Gasteiger partial charge in [-0.25, -0.2) is 0 Å². The van der Waals surface area contributed by atoms with Gasteiger partial charge >= 0.3 is 7.60 Å². The predicted octanol–water partition coefficient (Wildman–Crippen LogP) is 1.83. The van der Waals surface area contributed by atoms with E-state index in [1.165, 1.54) is 24.3 Å². The van der Waals surface area contributed by atoms with E-state index < -0.39 is 13.1 Å². The van der Waals surface area contributed by atoms with Crippen molar-refractivity contribution in [2.24, 2.45) is 5.73 Å². The maximum absolute atomic E-state index is 12.5. The van der Waals surface area contributed by atoms with Gasteiger partial charge in [0, 0.05) is 11.1 Å². The van der Waals surface area contributed by atoms with E-state index >= 15 is 0 Å². The van der Waals surface area contributed by atoms with Gasteiger partial charge in [0.1, 0.15) is 6.29 Å². The Morgan fingerprint density at radius 2 is 1.74 bits per heavy atom. The number of carbonyl (C=O) groups is 1. The molecule has 0 fully saturated rings. The standard InChI is InChI=1S/C12H18NO5P/c1-3-17-19(16,18-4-2)12(13,15)11-7-5-10(9-14)6-8-11/h5-9,15H,3-4,13H2,1-2H3/t12-/m1/s1. The number of nitrogens with two attached hydrogens (primary N) is 1. The van der Waals surface area contributed by atoms with Crippen LogP contribution in [0.2, 0.25) is 0 Å². The van der Waals surface area contributed by atoms with E-state index in [0.717, 1.165) is 0 Å². The van der Waals surface area contributed by atoms with Gasteiger partial charge in [0.25, 0.3) is 0 Å². The monoisotopic (exact) mass is 287 g/mol. The smallest absolute Gasteiger partial charge is 0.362 e. The Bertz CT molecular complexity index is 462. The number of aliphatic hydroxyl groups is 1. The van der Waals surface area contributed by atoms with E-state index in [-0.39, 0.29) is 18.8 Å². The molecule has 0 radical (unpaired) electrons. The van der Waals surface area contributed by atoms with Gasteiger partial charge in [-0.3, -0.25) is 15.1 Å². The number of benzene rings is 1. The maximum atomic E-state index is 12.5. The average Bonchev–Trinajstić information content (AvgIpc) is 2.39. The lowest BCUT2D eigenvalue weighted by Gasteiger charge is -2.31. The minimum atomic E-state index is -3.92. The normalized spacial score (nSPS) is 14.9. The minimum absolute atomic E-state index is 0.0865. The zero-order chi connectivity index (χ0) is 14.5. The van der Waals surface area contributed by atoms with E-state index in [9.17, 15) is 14.5 Å². The second kappa shape index (κ2) is 6.41. The highest BCUT2D eigenvalue weighted by molar-refractivity contribution is 7.54. The molecule has 1 rings (SSSR count). The van der Waals surface area contributed by atoms with Crippen molar-refractivity contribution in [3.05, 3.63) is 35.4 Å². The predicted molar refractivity (Wildman–Crippen MR) is 70.8 cm³/mol. The molecule has 1 aromatic rings. The fourth-order valence-corrected chi connectivity index (χ4v) is 3.15. The molecule has 0 aromatic heterocycles. The molecule has 106 valence electrons. The molecule has 1 aromatic carbocycles. The molecule has 0 saturated carbocycles. The van der Waals surface area contributed by atoms with Crippen LogP contribution in [-0.2, 0) is 19.1 Å². The summed E-state index contributed by atoms with van der Waals surface area (Å²) in [6, 6.07) is 5.74.